The lowest BCUT2D eigenvalue weighted by Gasteiger charge is -2.14. The highest BCUT2D eigenvalue weighted by molar-refractivity contribution is 6.05. The number of nitrogens with zero attached hydrogens (tertiary/aromatic N) is 1. The number of amides is 1. The van der Waals surface area contributed by atoms with E-state index in [1.54, 1.807) is 7.05 Å². The Bertz CT molecular complexity index is 992. The van der Waals surface area contributed by atoms with Gasteiger partial charge in [-0.05, 0) is 36.2 Å². The first-order chi connectivity index (χ1) is 12.5. The minimum absolute atomic E-state index is 0.151. The zero-order valence-corrected chi connectivity index (χ0v) is 14.8. The van der Waals surface area contributed by atoms with Gasteiger partial charge < -0.3 is 15.2 Å². The van der Waals surface area contributed by atoms with E-state index in [2.05, 4.69) is 29.7 Å². The second kappa shape index (κ2) is 7.70. The fourth-order valence-electron chi connectivity index (χ4n) is 2.67. The Morgan fingerprint density at radius 3 is 2.38 bits per heavy atom. The molecule has 0 atom stereocenters. The van der Waals surface area contributed by atoms with Crippen LogP contribution < -0.4 is 16.2 Å². The second-order valence-corrected chi connectivity index (χ2v) is 6.15. The normalized spacial score (nSPS) is 10.4. The first-order valence-electron chi connectivity index (χ1n) is 8.40. The van der Waals surface area contributed by atoms with Crippen molar-refractivity contribution in [2.75, 3.05) is 10.6 Å². The highest BCUT2D eigenvalue weighted by Gasteiger charge is 2.10. The Morgan fingerprint density at radius 2 is 1.65 bits per heavy atom. The van der Waals surface area contributed by atoms with Crippen molar-refractivity contribution in [3.8, 4) is 0 Å². The molecule has 5 nitrogen and oxygen atoms in total. The van der Waals surface area contributed by atoms with E-state index < -0.39 is 0 Å². The van der Waals surface area contributed by atoms with Gasteiger partial charge in [0.05, 0.1) is 16.9 Å². The molecular formula is C21H21N3O2. The largest absolute Gasteiger partial charge is 0.379 e. The minimum atomic E-state index is -0.259. The van der Waals surface area contributed by atoms with Gasteiger partial charge in [-0.25, -0.2) is 0 Å². The van der Waals surface area contributed by atoms with Gasteiger partial charge in [0, 0.05) is 25.9 Å². The number of rotatable bonds is 5. The van der Waals surface area contributed by atoms with Crippen molar-refractivity contribution in [2.45, 2.75) is 13.5 Å². The van der Waals surface area contributed by atoms with Crippen molar-refractivity contribution in [1.82, 2.24) is 4.57 Å². The van der Waals surface area contributed by atoms with Crippen molar-refractivity contribution < 1.29 is 4.79 Å². The lowest BCUT2D eigenvalue weighted by Crippen LogP contribution is -2.20. The molecule has 0 aliphatic carbocycles. The third-order valence-corrected chi connectivity index (χ3v) is 4.25. The number of aromatic nitrogens is 1. The van der Waals surface area contributed by atoms with Gasteiger partial charge in [0.2, 0.25) is 5.56 Å². The molecule has 0 saturated carbocycles. The Hall–Kier alpha value is -3.34. The van der Waals surface area contributed by atoms with E-state index in [4.69, 9.17) is 0 Å². The van der Waals surface area contributed by atoms with Crippen LogP contribution in [0.1, 0.15) is 21.5 Å². The fourth-order valence-corrected chi connectivity index (χ4v) is 2.67. The molecule has 2 N–H and O–H groups in total. The van der Waals surface area contributed by atoms with Crippen LogP contribution in [0, 0.1) is 6.92 Å². The first-order valence-corrected chi connectivity index (χ1v) is 8.40. The van der Waals surface area contributed by atoms with Gasteiger partial charge in [-0.2, -0.15) is 0 Å². The molecule has 3 rings (SSSR count). The highest BCUT2D eigenvalue weighted by Crippen LogP contribution is 2.23. The smallest absolute Gasteiger partial charge is 0.257 e. The summed E-state index contributed by atoms with van der Waals surface area (Å²) in [6.07, 6.45) is 1.53. The average molecular weight is 347 g/mol. The summed E-state index contributed by atoms with van der Waals surface area (Å²) < 4.78 is 1.39. The molecule has 2 aromatic carbocycles. The zero-order chi connectivity index (χ0) is 18.5. The zero-order valence-electron chi connectivity index (χ0n) is 14.8. The van der Waals surface area contributed by atoms with Gasteiger partial charge in [0.25, 0.3) is 5.91 Å². The number of hydrogen-bond acceptors (Lipinski definition) is 3. The molecule has 1 amide bonds. The second-order valence-electron chi connectivity index (χ2n) is 6.15. The summed E-state index contributed by atoms with van der Waals surface area (Å²) in [5, 5.41) is 6.29. The molecule has 0 unspecified atom stereocenters. The monoisotopic (exact) mass is 347 g/mol. The van der Waals surface area contributed by atoms with Gasteiger partial charge in [0.1, 0.15) is 0 Å². The quantitative estimate of drug-likeness (QED) is 0.742. The molecule has 3 aromatic rings. The first kappa shape index (κ1) is 17.5. The van der Waals surface area contributed by atoms with Gasteiger partial charge in [-0.15, -0.1) is 0 Å². The standard InChI is InChI=1S/C21H21N3O2/c1-15-7-3-4-8-16(15)13-22-18-9-5-6-10-19(18)23-21(26)17-11-12-20(25)24(2)14-17/h3-12,14,22H,13H2,1-2H3,(H,23,26). The number of anilines is 2. The predicted octanol–water partition coefficient (Wildman–Crippen LogP) is 3.56. The Labute approximate surface area is 152 Å². The number of nitrogens with one attached hydrogen (secondary N) is 2. The molecule has 0 aliphatic heterocycles. The third-order valence-electron chi connectivity index (χ3n) is 4.25. The predicted molar refractivity (Wildman–Crippen MR) is 105 cm³/mol. The van der Waals surface area contributed by atoms with Gasteiger partial charge in [-0.3, -0.25) is 9.59 Å². The van der Waals surface area contributed by atoms with Crippen LogP contribution >= 0.6 is 0 Å². The number of benzene rings is 2. The van der Waals surface area contributed by atoms with E-state index in [1.165, 1.54) is 34.0 Å². The maximum atomic E-state index is 12.5. The lowest BCUT2D eigenvalue weighted by molar-refractivity contribution is 0.102. The van der Waals surface area contributed by atoms with Crippen molar-refractivity contribution in [1.29, 1.82) is 0 Å². The SMILES string of the molecule is Cc1ccccc1CNc1ccccc1NC(=O)c1ccc(=O)n(C)c1. The summed E-state index contributed by atoms with van der Waals surface area (Å²) in [6, 6.07) is 18.7. The number of carbonyl (C=O) groups excluding carboxylic acids is 1. The van der Waals surface area contributed by atoms with Gasteiger partial charge in [-0.1, -0.05) is 36.4 Å². The molecule has 0 bridgehead atoms. The fraction of sp³-hybridized carbons (Fsp3) is 0.143. The molecule has 5 heteroatoms. The molecule has 0 saturated heterocycles. The summed E-state index contributed by atoms with van der Waals surface area (Å²) >= 11 is 0. The molecular weight excluding hydrogens is 326 g/mol. The summed E-state index contributed by atoms with van der Waals surface area (Å²) in [5.74, 6) is -0.259. The number of para-hydroxylation sites is 2. The molecule has 132 valence electrons. The van der Waals surface area contributed by atoms with Gasteiger partial charge >= 0.3 is 0 Å². The van der Waals surface area contributed by atoms with E-state index in [0.717, 1.165) is 5.69 Å². The Morgan fingerprint density at radius 1 is 0.962 bits per heavy atom. The summed E-state index contributed by atoms with van der Waals surface area (Å²) in [7, 11) is 1.62. The molecule has 0 spiro atoms. The van der Waals surface area contributed by atoms with E-state index in [1.807, 2.05) is 36.4 Å². The van der Waals surface area contributed by atoms with Crippen LogP contribution in [-0.4, -0.2) is 10.5 Å². The van der Waals surface area contributed by atoms with E-state index in [-0.39, 0.29) is 11.5 Å². The minimum Gasteiger partial charge on any atom is -0.379 e. The number of carbonyl (C=O) groups is 1. The lowest BCUT2D eigenvalue weighted by atomic mass is 10.1. The van der Waals surface area contributed by atoms with Crippen molar-refractivity contribution in [2.24, 2.45) is 7.05 Å². The van der Waals surface area contributed by atoms with Crippen LogP contribution in [0.5, 0.6) is 0 Å². The van der Waals surface area contributed by atoms with Gasteiger partial charge in [0.15, 0.2) is 0 Å². The average Bonchev–Trinajstić information content (AvgIpc) is 2.64. The maximum absolute atomic E-state index is 12.5. The van der Waals surface area contributed by atoms with E-state index in [0.29, 0.717) is 17.8 Å². The maximum Gasteiger partial charge on any atom is 0.257 e. The molecule has 0 aliphatic rings. The molecule has 0 fully saturated rings. The molecule has 1 aromatic heterocycles. The van der Waals surface area contributed by atoms with Crippen molar-refractivity contribution in [3.63, 3.8) is 0 Å². The highest BCUT2D eigenvalue weighted by atomic mass is 16.2. The third kappa shape index (κ3) is 4.00. The number of aryl methyl sites for hydroxylation is 2. The molecule has 0 radical (unpaired) electrons. The van der Waals surface area contributed by atoms with E-state index >= 15 is 0 Å². The topological polar surface area (TPSA) is 63.1 Å². The van der Waals surface area contributed by atoms with Crippen LogP contribution in [0.4, 0.5) is 11.4 Å². The van der Waals surface area contributed by atoms with Crippen LogP contribution in [0.3, 0.4) is 0 Å². The Balaban J connectivity index is 1.76. The van der Waals surface area contributed by atoms with Crippen molar-refractivity contribution >= 4 is 17.3 Å². The van der Waals surface area contributed by atoms with Crippen LogP contribution in [0.25, 0.3) is 0 Å². The van der Waals surface area contributed by atoms with Crippen molar-refractivity contribution in [3.05, 3.63) is 93.9 Å². The summed E-state index contributed by atoms with van der Waals surface area (Å²) in [6.45, 7) is 2.74. The number of pyridine rings is 1. The van der Waals surface area contributed by atoms with Crippen LogP contribution in [0.2, 0.25) is 0 Å². The number of hydrogen-bond donors (Lipinski definition) is 2. The summed E-state index contributed by atoms with van der Waals surface area (Å²) in [5.41, 5.74) is 4.23. The Kier molecular flexibility index (Phi) is 5.17. The molecule has 1 heterocycles. The van der Waals surface area contributed by atoms with Crippen LogP contribution in [-0.2, 0) is 13.6 Å². The molecule has 26 heavy (non-hydrogen) atoms. The summed E-state index contributed by atoms with van der Waals surface area (Å²) in [4.78, 5) is 24.0. The van der Waals surface area contributed by atoms with Crippen LogP contribution in [0.15, 0.2) is 71.7 Å². The van der Waals surface area contributed by atoms with E-state index in [9.17, 15) is 9.59 Å².